The highest BCUT2D eigenvalue weighted by Gasteiger charge is 2.47. The van der Waals surface area contributed by atoms with Crippen molar-refractivity contribution in [3.8, 4) is 5.75 Å². The van der Waals surface area contributed by atoms with Crippen LogP contribution in [-0.2, 0) is 11.4 Å². The van der Waals surface area contributed by atoms with Crippen molar-refractivity contribution in [1.82, 2.24) is 9.80 Å². The van der Waals surface area contributed by atoms with E-state index in [1.165, 1.54) is 4.90 Å². The Hall–Kier alpha value is -2.77. The second kappa shape index (κ2) is 11.5. The van der Waals surface area contributed by atoms with Crippen LogP contribution in [0.15, 0.2) is 48.5 Å². The van der Waals surface area contributed by atoms with Gasteiger partial charge in [0.15, 0.2) is 0 Å². The first-order valence-corrected chi connectivity index (χ1v) is 13.9. The maximum atomic E-state index is 14.1. The molecule has 4 rings (SSSR count). The summed E-state index contributed by atoms with van der Waals surface area (Å²) in [5, 5.41) is 22.0. The number of carbonyl (C=O) groups is 2. The monoisotopic (exact) mass is 542 g/mol. The van der Waals surface area contributed by atoms with Crippen LogP contribution >= 0.6 is 11.6 Å². The van der Waals surface area contributed by atoms with Crippen LogP contribution in [0.5, 0.6) is 5.75 Å². The highest BCUT2D eigenvalue weighted by atomic mass is 35.5. The Morgan fingerprint density at radius 2 is 1.82 bits per heavy atom. The Kier molecular flexibility index (Phi) is 8.58. The van der Waals surface area contributed by atoms with Crippen molar-refractivity contribution in [2.75, 3.05) is 13.1 Å². The maximum absolute atomic E-state index is 14.1. The number of nitrogens with zero attached hydrogens (tertiary/aromatic N) is 2. The van der Waals surface area contributed by atoms with Gasteiger partial charge in [-0.2, -0.15) is 0 Å². The van der Waals surface area contributed by atoms with Gasteiger partial charge in [0.25, 0.3) is 0 Å². The molecule has 206 valence electrons. The quantitative estimate of drug-likeness (QED) is 0.442. The van der Waals surface area contributed by atoms with E-state index >= 15 is 0 Å². The normalized spacial score (nSPS) is 20.1. The Labute approximate surface area is 230 Å². The molecular formula is C30H39ClN2O5. The molecule has 1 saturated carbocycles. The number of carboxylic acid groups (broad SMARTS) is 1. The van der Waals surface area contributed by atoms with E-state index in [2.05, 4.69) is 0 Å². The molecular weight excluding hydrogens is 504 g/mol. The number of hydrogen-bond acceptors (Lipinski definition) is 4. The SMILES string of the molecule is CC(C)(C)N(C(=O)O)[C@H]1CCN(C(=O)C(c2ccc(OCc3ccccc3)c(Cl)c2)C2(O)CCCCC2)C1. The fourth-order valence-corrected chi connectivity index (χ4v) is 6.25. The summed E-state index contributed by atoms with van der Waals surface area (Å²) in [7, 11) is 0. The van der Waals surface area contributed by atoms with E-state index in [0.29, 0.717) is 55.3 Å². The Balaban J connectivity index is 1.58. The van der Waals surface area contributed by atoms with E-state index in [1.807, 2.05) is 57.2 Å². The molecule has 2 atom stereocenters. The molecule has 1 heterocycles. The van der Waals surface area contributed by atoms with Gasteiger partial charge in [-0.1, -0.05) is 67.3 Å². The van der Waals surface area contributed by atoms with Gasteiger partial charge < -0.3 is 19.8 Å². The van der Waals surface area contributed by atoms with Crippen LogP contribution in [0.4, 0.5) is 4.79 Å². The van der Waals surface area contributed by atoms with E-state index in [9.17, 15) is 19.8 Å². The molecule has 0 aromatic heterocycles. The van der Waals surface area contributed by atoms with Gasteiger partial charge in [0.2, 0.25) is 5.91 Å². The third-order valence-corrected chi connectivity index (χ3v) is 8.09. The molecule has 7 nitrogen and oxygen atoms in total. The molecule has 2 N–H and O–H groups in total. The summed E-state index contributed by atoms with van der Waals surface area (Å²) in [5.41, 5.74) is -0.0865. The molecule has 1 aliphatic heterocycles. The van der Waals surface area contributed by atoms with Crippen LogP contribution < -0.4 is 4.74 Å². The zero-order valence-corrected chi connectivity index (χ0v) is 23.3. The van der Waals surface area contributed by atoms with Crippen LogP contribution in [0, 0.1) is 0 Å². The summed E-state index contributed by atoms with van der Waals surface area (Å²) in [6.45, 7) is 6.71. The van der Waals surface area contributed by atoms with Crippen LogP contribution in [0.25, 0.3) is 0 Å². The summed E-state index contributed by atoms with van der Waals surface area (Å²) in [5.74, 6) is -0.440. The summed E-state index contributed by atoms with van der Waals surface area (Å²) in [4.78, 5) is 29.3. The Morgan fingerprint density at radius 1 is 1.13 bits per heavy atom. The number of amides is 2. The molecule has 2 aliphatic rings. The number of halogens is 1. The largest absolute Gasteiger partial charge is 0.487 e. The Bertz CT molecular complexity index is 1130. The lowest BCUT2D eigenvalue weighted by Gasteiger charge is -2.41. The van der Waals surface area contributed by atoms with Crippen molar-refractivity contribution in [3.63, 3.8) is 0 Å². The zero-order valence-electron chi connectivity index (χ0n) is 22.5. The number of rotatable bonds is 7. The fraction of sp³-hybridized carbons (Fsp3) is 0.533. The molecule has 0 spiro atoms. The topological polar surface area (TPSA) is 90.3 Å². The van der Waals surface area contributed by atoms with Crippen molar-refractivity contribution >= 4 is 23.6 Å². The minimum atomic E-state index is -1.18. The third kappa shape index (κ3) is 6.26. The van der Waals surface area contributed by atoms with Crippen LogP contribution in [-0.4, -0.2) is 62.3 Å². The number of aliphatic hydroxyl groups is 1. The predicted molar refractivity (Wildman–Crippen MR) is 148 cm³/mol. The number of likely N-dealkylation sites (tertiary alicyclic amines) is 1. The predicted octanol–water partition coefficient (Wildman–Crippen LogP) is 6.08. The van der Waals surface area contributed by atoms with E-state index in [4.69, 9.17) is 16.3 Å². The van der Waals surface area contributed by atoms with Gasteiger partial charge >= 0.3 is 6.09 Å². The fourth-order valence-electron chi connectivity index (χ4n) is 6.01. The van der Waals surface area contributed by atoms with Crippen LogP contribution in [0.3, 0.4) is 0 Å². The average Bonchev–Trinajstić information content (AvgIpc) is 3.33. The molecule has 1 unspecified atom stereocenters. The van der Waals surface area contributed by atoms with Crippen molar-refractivity contribution < 1.29 is 24.5 Å². The summed E-state index contributed by atoms with van der Waals surface area (Å²) < 4.78 is 5.93. The third-order valence-electron chi connectivity index (χ3n) is 7.80. The summed E-state index contributed by atoms with van der Waals surface area (Å²) >= 11 is 6.63. The van der Waals surface area contributed by atoms with Crippen molar-refractivity contribution in [2.24, 2.45) is 0 Å². The van der Waals surface area contributed by atoms with Crippen LogP contribution in [0.1, 0.15) is 76.3 Å². The highest BCUT2D eigenvalue weighted by molar-refractivity contribution is 6.32. The van der Waals surface area contributed by atoms with E-state index in [0.717, 1.165) is 24.8 Å². The molecule has 0 radical (unpaired) electrons. The Morgan fingerprint density at radius 3 is 2.42 bits per heavy atom. The molecule has 2 aromatic rings. The first-order chi connectivity index (χ1) is 18.0. The summed E-state index contributed by atoms with van der Waals surface area (Å²) in [6.07, 6.45) is 3.38. The molecule has 2 fully saturated rings. The second-order valence-corrected chi connectivity index (χ2v) is 12.0. The molecule has 2 amide bonds. The number of hydrogen-bond donors (Lipinski definition) is 2. The van der Waals surface area contributed by atoms with Gasteiger partial charge in [-0.3, -0.25) is 9.69 Å². The van der Waals surface area contributed by atoms with E-state index < -0.39 is 23.2 Å². The van der Waals surface area contributed by atoms with Gasteiger partial charge in [-0.15, -0.1) is 0 Å². The number of ether oxygens (including phenoxy) is 1. The molecule has 1 aliphatic carbocycles. The van der Waals surface area contributed by atoms with Gasteiger partial charge in [0.1, 0.15) is 12.4 Å². The van der Waals surface area contributed by atoms with Gasteiger partial charge in [-0.25, -0.2) is 4.79 Å². The zero-order chi connectivity index (χ0) is 27.5. The molecule has 1 saturated heterocycles. The highest BCUT2D eigenvalue weighted by Crippen LogP contribution is 2.43. The van der Waals surface area contributed by atoms with E-state index in [1.54, 1.807) is 17.0 Å². The minimum absolute atomic E-state index is 0.176. The first-order valence-electron chi connectivity index (χ1n) is 13.5. The summed E-state index contributed by atoms with van der Waals surface area (Å²) in [6, 6.07) is 14.8. The first kappa shape index (κ1) is 28.2. The van der Waals surface area contributed by atoms with Crippen LogP contribution in [0.2, 0.25) is 5.02 Å². The standard InChI is InChI=1S/C30H39ClN2O5/c1-29(2,3)33(28(35)36)23-14-17-32(19-23)27(34)26(30(37)15-8-5-9-16-30)22-12-13-25(24(31)18-22)38-20-21-10-6-4-7-11-21/h4,6-7,10-13,18,23,26,37H,5,8-9,14-17,19-20H2,1-3H3,(H,35,36)/t23-,26?/m0/s1. The number of carbonyl (C=O) groups excluding carboxylic acids is 1. The number of benzene rings is 2. The maximum Gasteiger partial charge on any atom is 0.408 e. The van der Waals surface area contributed by atoms with Crippen molar-refractivity contribution in [2.45, 2.75) is 89.0 Å². The van der Waals surface area contributed by atoms with Crippen molar-refractivity contribution in [3.05, 3.63) is 64.7 Å². The average molecular weight is 543 g/mol. The van der Waals surface area contributed by atoms with Gasteiger partial charge in [0.05, 0.1) is 22.6 Å². The molecule has 2 aromatic carbocycles. The van der Waals surface area contributed by atoms with Gasteiger partial charge in [-0.05, 0) is 63.3 Å². The van der Waals surface area contributed by atoms with E-state index in [-0.39, 0.29) is 11.9 Å². The van der Waals surface area contributed by atoms with Crippen molar-refractivity contribution in [1.29, 1.82) is 0 Å². The van der Waals surface area contributed by atoms with Gasteiger partial charge in [0, 0.05) is 18.6 Å². The smallest absolute Gasteiger partial charge is 0.408 e. The minimum Gasteiger partial charge on any atom is -0.487 e. The molecule has 8 heteroatoms. The molecule has 0 bridgehead atoms. The lowest BCUT2D eigenvalue weighted by Crippen LogP contribution is -2.53. The lowest BCUT2D eigenvalue weighted by atomic mass is 9.72. The second-order valence-electron chi connectivity index (χ2n) is 11.6. The lowest BCUT2D eigenvalue weighted by molar-refractivity contribution is -0.140. The molecule has 38 heavy (non-hydrogen) atoms.